The van der Waals surface area contributed by atoms with Gasteiger partial charge in [0, 0.05) is 18.6 Å². The first kappa shape index (κ1) is 14.1. The minimum Gasteiger partial charge on any atom is -0.382 e. The number of hydrogen-bond acceptors (Lipinski definition) is 6. The quantitative estimate of drug-likeness (QED) is 0.725. The minimum atomic E-state index is -0.146. The molecule has 1 aliphatic rings. The Morgan fingerprint density at radius 2 is 2.26 bits per heavy atom. The number of carbonyl (C=O) groups is 1. The van der Waals surface area contributed by atoms with Crippen LogP contribution in [0.15, 0.2) is 0 Å². The summed E-state index contributed by atoms with van der Waals surface area (Å²) in [6, 6.07) is 0.789. The number of likely N-dealkylation sites (N-methyl/N-ethyl adjacent to an activating group) is 1. The lowest BCUT2D eigenvalue weighted by atomic mass is 10.3. The van der Waals surface area contributed by atoms with E-state index in [9.17, 15) is 4.79 Å². The van der Waals surface area contributed by atoms with Crippen molar-refractivity contribution in [2.24, 2.45) is 0 Å². The monoisotopic (exact) mass is 283 g/mol. The Balaban J connectivity index is 1.92. The van der Waals surface area contributed by atoms with Crippen molar-refractivity contribution in [1.29, 1.82) is 0 Å². The van der Waals surface area contributed by atoms with E-state index in [1.807, 2.05) is 14.1 Å². The van der Waals surface area contributed by atoms with Gasteiger partial charge in [-0.1, -0.05) is 11.3 Å². The first-order chi connectivity index (χ1) is 8.97. The van der Waals surface area contributed by atoms with Crippen LogP contribution in [0.2, 0.25) is 0 Å². The highest BCUT2D eigenvalue weighted by molar-refractivity contribution is 7.18. The second-order valence-electron chi connectivity index (χ2n) is 5.17. The highest BCUT2D eigenvalue weighted by Gasteiger charge is 2.24. The van der Waals surface area contributed by atoms with E-state index >= 15 is 0 Å². The van der Waals surface area contributed by atoms with E-state index in [4.69, 9.17) is 5.73 Å². The summed E-state index contributed by atoms with van der Waals surface area (Å²) < 4.78 is 0. The number of aromatic nitrogens is 1. The zero-order valence-electron chi connectivity index (χ0n) is 11.6. The van der Waals surface area contributed by atoms with Crippen LogP contribution < -0.4 is 16.4 Å². The van der Waals surface area contributed by atoms with Crippen LogP contribution in [-0.2, 0) is 0 Å². The number of nitrogens with one attached hydrogen (secondary N) is 2. The predicted molar refractivity (Wildman–Crippen MR) is 78.7 cm³/mol. The van der Waals surface area contributed by atoms with Gasteiger partial charge < -0.3 is 21.3 Å². The summed E-state index contributed by atoms with van der Waals surface area (Å²) in [5.74, 6) is 0.163. The predicted octanol–water partition coefficient (Wildman–Crippen LogP) is 0.979. The Morgan fingerprint density at radius 3 is 2.84 bits per heavy atom. The van der Waals surface area contributed by atoms with Crippen molar-refractivity contribution in [2.45, 2.75) is 31.8 Å². The summed E-state index contributed by atoms with van der Waals surface area (Å²) in [6.45, 7) is 2.64. The van der Waals surface area contributed by atoms with Gasteiger partial charge in [-0.2, -0.15) is 0 Å². The van der Waals surface area contributed by atoms with E-state index in [1.165, 1.54) is 24.2 Å². The van der Waals surface area contributed by atoms with E-state index in [0.29, 0.717) is 23.3 Å². The maximum atomic E-state index is 12.0. The number of anilines is 2. The number of nitrogens with two attached hydrogens (primary N) is 1. The van der Waals surface area contributed by atoms with Gasteiger partial charge >= 0.3 is 0 Å². The Kier molecular flexibility index (Phi) is 4.26. The van der Waals surface area contributed by atoms with Crippen molar-refractivity contribution < 1.29 is 4.79 Å². The smallest absolute Gasteiger partial charge is 0.265 e. The van der Waals surface area contributed by atoms with Crippen LogP contribution in [0, 0.1) is 0 Å². The van der Waals surface area contributed by atoms with E-state index in [2.05, 4.69) is 27.4 Å². The maximum Gasteiger partial charge on any atom is 0.265 e. The molecule has 6 nitrogen and oxygen atoms in total. The van der Waals surface area contributed by atoms with Crippen LogP contribution in [-0.4, -0.2) is 48.5 Å². The minimum absolute atomic E-state index is 0.146. The van der Waals surface area contributed by atoms with Gasteiger partial charge in [-0.3, -0.25) is 4.79 Å². The van der Waals surface area contributed by atoms with Gasteiger partial charge in [0.1, 0.15) is 10.7 Å². The molecule has 0 saturated heterocycles. The summed E-state index contributed by atoms with van der Waals surface area (Å²) in [5, 5.41) is 6.88. The standard InChI is InChI=1S/C12H21N5OS/c1-7(17(2)3)6-14-11(18)9-10(13)16-12(19-9)15-8-4-5-8/h7-8H,4-6,13H2,1-3H3,(H,14,18)(H,15,16). The van der Waals surface area contributed by atoms with Crippen LogP contribution in [0.25, 0.3) is 0 Å². The van der Waals surface area contributed by atoms with Crippen LogP contribution in [0.3, 0.4) is 0 Å². The SMILES string of the molecule is CC(CNC(=O)c1sc(NC2CC2)nc1N)N(C)C. The molecule has 7 heteroatoms. The highest BCUT2D eigenvalue weighted by Crippen LogP contribution is 2.30. The molecule has 0 radical (unpaired) electrons. The van der Waals surface area contributed by atoms with E-state index in [0.717, 1.165) is 5.13 Å². The molecule has 0 aliphatic heterocycles. The Morgan fingerprint density at radius 1 is 1.58 bits per heavy atom. The zero-order chi connectivity index (χ0) is 14.0. The average Bonchev–Trinajstić information content (AvgIpc) is 3.08. The largest absolute Gasteiger partial charge is 0.382 e. The van der Waals surface area contributed by atoms with E-state index in [-0.39, 0.29) is 11.9 Å². The highest BCUT2D eigenvalue weighted by atomic mass is 32.1. The van der Waals surface area contributed by atoms with Crippen molar-refractivity contribution in [3.63, 3.8) is 0 Å². The van der Waals surface area contributed by atoms with Crippen molar-refractivity contribution in [3.8, 4) is 0 Å². The molecule has 1 heterocycles. The summed E-state index contributed by atoms with van der Waals surface area (Å²) in [6.07, 6.45) is 2.34. The number of carbonyl (C=O) groups excluding carboxylic acids is 1. The topological polar surface area (TPSA) is 83.3 Å². The fourth-order valence-electron chi connectivity index (χ4n) is 1.46. The Hall–Kier alpha value is -1.34. The fraction of sp³-hybridized carbons (Fsp3) is 0.667. The van der Waals surface area contributed by atoms with Crippen molar-refractivity contribution >= 4 is 28.2 Å². The lowest BCUT2D eigenvalue weighted by molar-refractivity contribution is 0.0948. The molecular formula is C12H21N5OS. The first-order valence-corrected chi connectivity index (χ1v) is 7.26. The van der Waals surface area contributed by atoms with Crippen molar-refractivity contribution in [2.75, 3.05) is 31.7 Å². The first-order valence-electron chi connectivity index (χ1n) is 6.45. The molecule has 1 aromatic rings. The molecule has 19 heavy (non-hydrogen) atoms. The molecule has 1 unspecified atom stereocenters. The van der Waals surface area contributed by atoms with Gasteiger partial charge in [0.2, 0.25) is 0 Å². The molecule has 1 atom stereocenters. The number of thiazole rings is 1. The molecule has 0 aromatic carbocycles. The summed E-state index contributed by atoms with van der Waals surface area (Å²) >= 11 is 1.32. The number of rotatable bonds is 6. The Labute approximate surface area is 117 Å². The van der Waals surface area contributed by atoms with E-state index in [1.54, 1.807) is 0 Å². The molecule has 0 bridgehead atoms. The second kappa shape index (κ2) is 5.75. The summed E-state index contributed by atoms with van der Waals surface area (Å²) in [5.41, 5.74) is 5.79. The number of nitrogen functional groups attached to an aromatic ring is 1. The van der Waals surface area contributed by atoms with Crippen molar-refractivity contribution in [3.05, 3.63) is 4.88 Å². The molecular weight excluding hydrogens is 262 g/mol. The third kappa shape index (κ3) is 3.81. The summed E-state index contributed by atoms with van der Waals surface area (Å²) in [4.78, 5) is 18.8. The van der Waals surface area contributed by atoms with Gasteiger partial charge in [0.15, 0.2) is 5.13 Å². The second-order valence-corrected chi connectivity index (χ2v) is 6.17. The molecule has 106 valence electrons. The number of hydrogen-bond donors (Lipinski definition) is 3. The number of nitrogens with zero attached hydrogens (tertiary/aromatic N) is 2. The average molecular weight is 283 g/mol. The van der Waals surface area contributed by atoms with Crippen LogP contribution in [0.4, 0.5) is 10.9 Å². The van der Waals surface area contributed by atoms with Gasteiger partial charge in [-0.25, -0.2) is 4.98 Å². The fourth-order valence-corrected chi connectivity index (χ4v) is 2.34. The van der Waals surface area contributed by atoms with E-state index < -0.39 is 0 Å². The molecule has 2 rings (SSSR count). The third-order valence-corrected chi connectivity index (χ3v) is 4.21. The maximum absolute atomic E-state index is 12.0. The lowest BCUT2D eigenvalue weighted by Gasteiger charge is -2.19. The molecule has 1 fully saturated rings. The Bertz CT molecular complexity index is 455. The van der Waals surface area contributed by atoms with Crippen molar-refractivity contribution in [1.82, 2.24) is 15.2 Å². The van der Waals surface area contributed by atoms with Gasteiger partial charge in [0.25, 0.3) is 5.91 Å². The molecule has 1 saturated carbocycles. The van der Waals surface area contributed by atoms with Crippen LogP contribution in [0.1, 0.15) is 29.4 Å². The van der Waals surface area contributed by atoms with Crippen LogP contribution >= 0.6 is 11.3 Å². The molecule has 4 N–H and O–H groups in total. The summed E-state index contributed by atoms with van der Waals surface area (Å²) in [7, 11) is 3.96. The molecule has 1 amide bonds. The normalized spacial score (nSPS) is 16.4. The van der Waals surface area contributed by atoms with Gasteiger partial charge in [-0.05, 0) is 33.9 Å². The third-order valence-electron chi connectivity index (χ3n) is 3.20. The van der Waals surface area contributed by atoms with Gasteiger partial charge in [-0.15, -0.1) is 0 Å². The number of amides is 1. The molecule has 1 aromatic heterocycles. The molecule has 0 spiro atoms. The van der Waals surface area contributed by atoms with Gasteiger partial charge in [0.05, 0.1) is 0 Å². The lowest BCUT2D eigenvalue weighted by Crippen LogP contribution is -2.38. The van der Waals surface area contributed by atoms with Crippen LogP contribution in [0.5, 0.6) is 0 Å². The zero-order valence-corrected chi connectivity index (χ0v) is 12.4. The molecule has 1 aliphatic carbocycles.